The first kappa shape index (κ1) is 12.3. The number of aromatic nitrogens is 1. The van der Waals surface area contributed by atoms with Gasteiger partial charge < -0.3 is 9.30 Å². The highest BCUT2D eigenvalue weighted by Gasteiger charge is 2.35. The van der Waals surface area contributed by atoms with E-state index in [1.807, 2.05) is 6.92 Å². The summed E-state index contributed by atoms with van der Waals surface area (Å²) in [5.74, 6) is -0.189. The van der Waals surface area contributed by atoms with Crippen LogP contribution >= 0.6 is 0 Å². The third kappa shape index (κ3) is 1.93. The van der Waals surface area contributed by atoms with Gasteiger partial charge in [0.25, 0.3) is 0 Å². The molecule has 0 bridgehead atoms. The Morgan fingerprint density at radius 1 is 1.37 bits per heavy atom. The maximum Gasteiger partial charge on any atom is 0.303 e. The highest BCUT2D eigenvalue weighted by Crippen LogP contribution is 2.37. The SMILES string of the molecule is CC(=O)O[C@@]1(C)CCc2c(c3ccccc3n2C)C1. The highest BCUT2D eigenvalue weighted by molar-refractivity contribution is 5.86. The molecule has 100 valence electrons. The fourth-order valence-electron chi connectivity index (χ4n) is 3.32. The lowest BCUT2D eigenvalue weighted by Crippen LogP contribution is -2.37. The Labute approximate surface area is 113 Å². The molecular formula is C16H19NO2. The number of benzene rings is 1. The Bertz CT molecular complexity index is 656. The van der Waals surface area contributed by atoms with Crippen molar-refractivity contribution in [1.82, 2.24) is 4.57 Å². The van der Waals surface area contributed by atoms with Crippen molar-refractivity contribution in [3.63, 3.8) is 0 Å². The molecule has 0 amide bonds. The molecule has 0 saturated carbocycles. The molecule has 1 heterocycles. The monoisotopic (exact) mass is 257 g/mol. The van der Waals surface area contributed by atoms with Crippen molar-refractivity contribution in [2.75, 3.05) is 0 Å². The lowest BCUT2D eigenvalue weighted by atomic mass is 9.83. The van der Waals surface area contributed by atoms with Gasteiger partial charge in [-0.15, -0.1) is 0 Å². The second kappa shape index (κ2) is 4.12. The molecular weight excluding hydrogens is 238 g/mol. The zero-order valence-corrected chi connectivity index (χ0v) is 11.7. The van der Waals surface area contributed by atoms with Crippen molar-refractivity contribution >= 4 is 16.9 Å². The predicted octanol–water partition coefficient (Wildman–Crippen LogP) is 2.99. The lowest BCUT2D eigenvalue weighted by Gasteiger charge is -2.33. The summed E-state index contributed by atoms with van der Waals surface area (Å²) in [7, 11) is 2.12. The van der Waals surface area contributed by atoms with E-state index in [0.717, 1.165) is 19.3 Å². The molecule has 0 unspecified atom stereocenters. The minimum absolute atomic E-state index is 0.189. The Kier molecular flexibility index (Phi) is 2.66. The maximum atomic E-state index is 11.3. The maximum absolute atomic E-state index is 11.3. The van der Waals surface area contributed by atoms with E-state index in [1.165, 1.54) is 29.1 Å². The van der Waals surface area contributed by atoms with E-state index in [1.54, 1.807) is 0 Å². The fourth-order valence-corrected chi connectivity index (χ4v) is 3.32. The lowest BCUT2D eigenvalue weighted by molar-refractivity contribution is -0.156. The van der Waals surface area contributed by atoms with Crippen LogP contribution < -0.4 is 0 Å². The van der Waals surface area contributed by atoms with E-state index < -0.39 is 0 Å². The van der Waals surface area contributed by atoms with Gasteiger partial charge in [0.15, 0.2) is 0 Å². The average Bonchev–Trinajstić information content (AvgIpc) is 2.62. The third-order valence-electron chi connectivity index (χ3n) is 4.18. The topological polar surface area (TPSA) is 31.2 Å². The normalized spacial score (nSPS) is 22.3. The number of ether oxygens (including phenoxy) is 1. The first-order valence-electron chi connectivity index (χ1n) is 6.75. The molecule has 1 aromatic carbocycles. The largest absolute Gasteiger partial charge is 0.459 e. The van der Waals surface area contributed by atoms with Crippen molar-refractivity contribution in [1.29, 1.82) is 0 Å². The molecule has 2 aromatic rings. The number of esters is 1. The summed E-state index contributed by atoms with van der Waals surface area (Å²) < 4.78 is 7.82. The number of aryl methyl sites for hydroxylation is 1. The van der Waals surface area contributed by atoms with Gasteiger partial charge in [-0.05, 0) is 31.4 Å². The summed E-state index contributed by atoms with van der Waals surface area (Å²) in [4.78, 5) is 11.3. The van der Waals surface area contributed by atoms with Crippen LogP contribution in [0.5, 0.6) is 0 Å². The molecule has 0 saturated heterocycles. The molecule has 0 N–H and O–H groups in total. The molecule has 3 nitrogen and oxygen atoms in total. The number of hydrogen-bond donors (Lipinski definition) is 0. The molecule has 0 radical (unpaired) electrons. The van der Waals surface area contributed by atoms with Gasteiger partial charge in [0, 0.05) is 37.0 Å². The Morgan fingerprint density at radius 3 is 2.84 bits per heavy atom. The van der Waals surface area contributed by atoms with Crippen molar-refractivity contribution in [2.24, 2.45) is 7.05 Å². The van der Waals surface area contributed by atoms with Crippen LogP contribution in [0, 0.1) is 0 Å². The molecule has 3 rings (SSSR count). The third-order valence-corrected chi connectivity index (χ3v) is 4.18. The smallest absolute Gasteiger partial charge is 0.303 e. The van der Waals surface area contributed by atoms with Gasteiger partial charge in [0.05, 0.1) is 0 Å². The van der Waals surface area contributed by atoms with Crippen molar-refractivity contribution in [3.05, 3.63) is 35.5 Å². The Balaban J connectivity index is 2.10. The van der Waals surface area contributed by atoms with Crippen LogP contribution in [0.15, 0.2) is 24.3 Å². The van der Waals surface area contributed by atoms with Crippen molar-refractivity contribution < 1.29 is 9.53 Å². The Hall–Kier alpha value is -1.77. The van der Waals surface area contributed by atoms with Crippen LogP contribution in [0.25, 0.3) is 10.9 Å². The van der Waals surface area contributed by atoms with E-state index >= 15 is 0 Å². The molecule has 3 heteroatoms. The standard InChI is InChI=1S/C16H19NO2/c1-11(18)19-16(2)9-8-15-13(10-16)12-6-4-5-7-14(12)17(15)3/h4-7H,8-10H2,1-3H3/t16-/m0/s1. The van der Waals surface area contributed by atoms with Crippen LogP contribution in [-0.2, 0) is 29.4 Å². The van der Waals surface area contributed by atoms with E-state index in [9.17, 15) is 4.79 Å². The van der Waals surface area contributed by atoms with E-state index in [0.29, 0.717) is 0 Å². The molecule has 0 spiro atoms. The van der Waals surface area contributed by atoms with Gasteiger partial charge in [-0.3, -0.25) is 4.79 Å². The van der Waals surface area contributed by atoms with Crippen LogP contribution in [0.2, 0.25) is 0 Å². The first-order chi connectivity index (χ1) is 9.00. The number of carbonyl (C=O) groups is 1. The van der Waals surface area contributed by atoms with Crippen molar-refractivity contribution in [3.8, 4) is 0 Å². The number of rotatable bonds is 1. The van der Waals surface area contributed by atoms with Crippen LogP contribution in [0.1, 0.15) is 31.5 Å². The first-order valence-corrected chi connectivity index (χ1v) is 6.75. The van der Waals surface area contributed by atoms with E-state index in [-0.39, 0.29) is 11.6 Å². The predicted molar refractivity (Wildman–Crippen MR) is 75.1 cm³/mol. The summed E-state index contributed by atoms with van der Waals surface area (Å²) in [6.45, 7) is 3.53. The van der Waals surface area contributed by atoms with Gasteiger partial charge in [-0.2, -0.15) is 0 Å². The number of carbonyl (C=O) groups excluding carboxylic acids is 1. The van der Waals surface area contributed by atoms with E-state index in [4.69, 9.17) is 4.74 Å². The zero-order chi connectivity index (χ0) is 13.6. The summed E-state index contributed by atoms with van der Waals surface area (Å²) >= 11 is 0. The summed E-state index contributed by atoms with van der Waals surface area (Å²) in [6.07, 6.45) is 2.66. The second-order valence-electron chi connectivity index (χ2n) is 5.72. The Morgan fingerprint density at radius 2 is 2.11 bits per heavy atom. The number of para-hydroxylation sites is 1. The van der Waals surface area contributed by atoms with Gasteiger partial charge in [-0.1, -0.05) is 18.2 Å². The van der Waals surface area contributed by atoms with Crippen molar-refractivity contribution in [2.45, 2.75) is 38.7 Å². The minimum atomic E-state index is -0.358. The summed E-state index contributed by atoms with van der Waals surface area (Å²) in [5, 5.41) is 1.29. The van der Waals surface area contributed by atoms with Gasteiger partial charge in [-0.25, -0.2) is 0 Å². The molecule has 1 aliphatic rings. The minimum Gasteiger partial charge on any atom is -0.459 e. The van der Waals surface area contributed by atoms with Crippen LogP contribution in [0.3, 0.4) is 0 Å². The number of fused-ring (bicyclic) bond motifs is 3. The number of hydrogen-bond acceptors (Lipinski definition) is 2. The molecule has 19 heavy (non-hydrogen) atoms. The summed E-state index contributed by atoms with van der Waals surface area (Å²) in [6, 6.07) is 8.45. The van der Waals surface area contributed by atoms with Gasteiger partial charge >= 0.3 is 5.97 Å². The quantitative estimate of drug-likeness (QED) is 0.735. The van der Waals surface area contributed by atoms with Gasteiger partial charge in [0.2, 0.25) is 0 Å². The molecule has 0 fully saturated rings. The molecule has 0 aliphatic heterocycles. The second-order valence-corrected chi connectivity index (χ2v) is 5.72. The van der Waals surface area contributed by atoms with E-state index in [2.05, 4.69) is 35.9 Å². The molecule has 1 atom stereocenters. The fraction of sp³-hybridized carbons (Fsp3) is 0.438. The zero-order valence-electron chi connectivity index (χ0n) is 11.7. The molecule has 1 aliphatic carbocycles. The van der Waals surface area contributed by atoms with Gasteiger partial charge in [0.1, 0.15) is 5.60 Å². The highest BCUT2D eigenvalue weighted by atomic mass is 16.6. The summed E-state index contributed by atoms with van der Waals surface area (Å²) in [5.41, 5.74) is 3.63. The number of nitrogens with zero attached hydrogens (tertiary/aromatic N) is 1. The van der Waals surface area contributed by atoms with Crippen LogP contribution in [0.4, 0.5) is 0 Å². The average molecular weight is 257 g/mol. The molecule has 1 aromatic heterocycles. The van der Waals surface area contributed by atoms with Crippen LogP contribution in [-0.4, -0.2) is 16.1 Å².